The van der Waals surface area contributed by atoms with Crippen molar-refractivity contribution in [3.8, 4) is 113 Å². The molecule has 11 heterocycles. The second-order valence-electron chi connectivity index (χ2n) is 29.3. The smallest absolute Gasteiger partial charge is 0.352 e. The van der Waals surface area contributed by atoms with Crippen LogP contribution in [0.1, 0.15) is 50.6 Å². The molecule has 11 aromatic heterocycles. The molecule has 0 amide bonds. The molecule has 0 aliphatic rings. The first-order valence-electron chi connectivity index (χ1n) is 39.4. The number of hydrogen-bond acceptors (Lipinski definition) is 21. The van der Waals surface area contributed by atoms with E-state index in [9.17, 15) is 8.78 Å². The van der Waals surface area contributed by atoms with Crippen LogP contribution in [0.15, 0.2) is 256 Å². The van der Waals surface area contributed by atoms with Crippen LogP contribution in [-0.4, -0.2) is 104 Å². The zero-order valence-electron chi connectivity index (χ0n) is 70.8. The Kier molecular flexibility index (Phi) is 30.2. The Balaban J connectivity index is 0.000000140. The number of fused-ring (bicyclic) bond motifs is 5. The number of rotatable bonds is 12. The average Bonchev–Trinajstić information content (AvgIpc) is 1.64. The maximum atomic E-state index is 14.2. The van der Waals surface area contributed by atoms with E-state index >= 15 is 0 Å². The average molecular weight is 2640 g/mol. The van der Waals surface area contributed by atoms with Crippen molar-refractivity contribution >= 4 is 71.9 Å². The van der Waals surface area contributed by atoms with Crippen molar-refractivity contribution in [1.82, 2.24) is 104 Å². The maximum Gasteiger partial charge on any atom is 0.352 e. The second-order valence-corrected chi connectivity index (χ2v) is 30.3. The second kappa shape index (κ2) is 41.6. The van der Waals surface area contributed by atoms with Crippen molar-refractivity contribution in [2.24, 2.45) is 7.05 Å². The van der Waals surface area contributed by atoms with Gasteiger partial charge in [0.25, 0.3) is 5.26 Å². The van der Waals surface area contributed by atoms with Crippen molar-refractivity contribution in [2.75, 3.05) is 0 Å². The predicted octanol–water partition coefficient (Wildman–Crippen LogP) is 21.4. The molecule has 0 atom stereocenters. The van der Waals surface area contributed by atoms with Crippen molar-refractivity contribution in [3.63, 3.8) is 0 Å². The number of benzene rings is 11. The number of thiazole rings is 1. The van der Waals surface area contributed by atoms with Crippen molar-refractivity contribution < 1.29 is 127 Å². The van der Waals surface area contributed by atoms with Gasteiger partial charge in [0, 0.05) is 163 Å². The fourth-order valence-corrected chi connectivity index (χ4v) is 16.3. The van der Waals surface area contributed by atoms with Crippen LogP contribution in [0.3, 0.4) is 0 Å². The van der Waals surface area contributed by atoms with E-state index in [1.807, 2.05) is 106 Å². The summed E-state index contributed by atoms with van der Waals surface area (Å²) in [6.45, 7) is 25.4. The molecule has 0 saturated heterocycles. The SMILES string of the molecule is Cc1cc(-c2ccccc2)cc(C)c1-n1c(C)nnc1-c1[c-]ccc2sc(F)nc12.Cc1cc(C)c(-n2cnnc2-c2[c-]ncc3ocnc23)c(C)c1.Cc1cccc(C)c1-n1c(C)nnc1-c1[c-]ccc2ocnc12.Fc1c[c-]c(-c2nncn2-c2c(-c3ccccc3)cccc2-c2ccccc2)c2ncoc12.[C-]#[N+]c1nnc(-c2[c-]ccc3ocnc23)n1C.[Ir].[Ir].[Ir].[Ir].[Ir]. The van der Waals surface area contributed by atoms with Gasteiger partial charge >= 0.3 is 5.95 Å². The van der Waals surface area contributed by atoms with Crippen LogP contribution in [0.25, 0.3) is 173 Å². The summed E-state index contributed by atoms with van der Waals surface area (Å²) in [5, 5.41) is 41.6. The molecule has 0 bridgehead atoms. The molecular formula is C97H69F2Ir5N22O4S-5. The molecule has 0 fully saturated rings. The van der Waals surface area contributed by atoms with Gasteiger partial charge in [-0.1, -0.05) is 185 Å². The van der Waals surface area contributed by atoms with Crippen LogP contribution < -0.4 is 0 Å². The standard InChI is InChI=1S/C27H16FN4O.C24H18FN4S.C18H15N4O.C17H14N5O.C11H6N5O.5Ir/c28-23-15-14-22(24-26(23)33-17-29-24)27-31-30-16-32(27)25-20(18-8-3-1-4-9-18)12-7-13-21(25)19-10-5-2-6-11-19;1-14-12-18(17-8-5-4-6-9-17)13-15(2)22(14)29-16(3)27-28-23(29)19-10-7-11-20-21(19)26-24(25)30-20;1-11-6-4-7-12(2)17(11)22-13(3)20-21-18(22)14-8-5-9-15-16(14)19-10-23-15;1-10-4-11(2)16(12(3)5-10)22-8-20-21-17(22)13-6-18-7-14-15(13)19-9-23-14;1-12-11-15-14-10(16(11)2)7-4-3-5-8-9(7)13-6-17-8;;;;;/h1-13,15-17H;4-9,11-13H,1-3H3;4-7,9-10H,1-3H3;4-5,7-9H,1-3H3;3,5-6H,2H3;;;;;/q5*-1;;;;;. The quantitative estimate of drug-likeness (QED) is 0.103. The zero-order valence-corrected chi connectivity index (χ0v) is 83.6. The minimum Gasteiger partial charge on any atom is -0.464 e. The molecular weight excluding hydrogens is 2570 g/mol. The van der Waals surface area contributed by atoms with Crippen LogP contribution in [0.5, 0.6) is 0 Å². The molecule has 0 unspecified atom stereocenters. The normalized spacial score (nSPS) is 10.7. The summed E-state index contributed by atoms with van der Waals surface area (Å²) >= 11 is 1.02. The van der Waals surface area contributed by atoms with E-state index < -0.39 is 11.1 Å². The Bertz CT molecular complexity index is 7730. The molecule has 34 heteroatoms. The molecule has 5 radical (unpaired) electrons. The number of pyridine rings is 1. The van der Waals surface area contributed by atoms with E-state index in [1.165, 1.54) is 53.9 Å². The molecule has 131 heavy (non-hydrogen) atoms. The first kappa shape index (κ1) is 95.2. The fourth-order valence-electron chi connectivity index (χ4n) is 15.6. The van der Waals surface area contributed by atoms with Gasteiger partial charge in [0.05, 0.1) is 51.6 Å². The van der Waals surface area contributed by atoms with Crippen LogP contribution >= 0.6 is 11.3 Å². The summed E-state index contributed by atoms with van der Waals surface area (Å²) in [5.74, 6) is 4.32. The van der Waals surface area contributed by atoms with Crippen molar-refractivity contribution in [1.29, 1.82) is 0 Å². The summed E-state index contributed by atoms with van der Waals surface area (Å²) in [6, 6.07) is 76.1. The number of oxazole rings is 4. The van der Waals surface area contributed by atoms with E-state index in [0.29, 0.717) is 84.4 Å². The first-order chi connectivity index (χ1) is 61.5. The van der Waals surface area contributed by atoms with Gasteiger partial charge in [-0.3, -0.25) is 29.3 Å². The molecule has 0 saturated carbocycles. The molecule has 26 nitrogen and oxygen atoms in total. The summed E-state index contributed by atoms with van der Waals surface area (Å²) < 4.78 is 59.5. The molecule has 0 spiro atoms. The number of nitrogens with zero attached hydrogens (tertiary/aromatic N) is 22. The Morgan fingerprint density at radius 3 is 1.40 bits per heavy atom. The molecule has 22 aromatic rings. The monoisotopic (exact) mass is 2640 g/mol. The number of para-hydroxylation sites is 2. The minimum absolute atomic E-state index is 0. The number of aromatic nitrogens is 21. The van der Waals surface area contributed by atoms with Gasteiger partial charge in [-0.05, 0) is 152 Å². The summed E-state index contributed by atoms with van der Waals surface area (Å²) in [6.07, 6.45) is 13.3. The van der Waals surface area contributed by atoms with Gasteiger partial charge in [-0.2, -0.15) is 24.8 Å². The molecule has 0 aliphatic heterocycles. The van der Waals surface area contributed by atoms with Crippen LogP contribution in [0.2, 0.25) is 0 Å². The fraction of sp³-hybridized carbons (Fsp3) is 0.103. The summed E-state index contributed by atoms with van der Waals surface area (Å²) in [5.41, 5.74) is 27.0. The molecule has 0 aliphatic carbocycles. The van der Waals surface area contributed by atoms with Gasteiger partial charge in [0.15, 0.2) is 25.6 Å². The third kappa shape index (κ3) is 18.9. The van der Waals surface area contributed by atoms with Crippen LogP contribution in [0.4, 0.5) is 14.7 Å². The third-order valence-electron chi connectivity index (χ3n) is 21.1. The third-order valence-corrected chi connectivity index (χ3v) is 21.9. The predicted molar refractivity (Wildman–Crippen MR) is 474 cm³/mol. The van der Waals surface area contributed by atoms with Gasteiger partial charge in [-0.25, -0.2) is 0 Å². The Morgan fingerprint density at radius 1 is 0.397 bits per heavy atom. The van der Waals surface area contributed by atoms with Crippen molar-refractivity contribution in [2.45, 2.75) is 62.3 Å². The Hall–Kier alpha value is -13.4. The van der Waals surface area contributed by atoms with Crippen LogP contribution in [0, 0.1) is 110 Å². The zero-order chi connectivity index (χ0) is 86.8. The van der Waals surface area contributed by atoms with E-state index in [0.717, 1.165) is 117 Å². The number of aryl methyl sites for hydroxylation is 9. The van der Waals surface area contributed by atoms with Gasteiger partial charge in [0.1, 0.15) is 35.7 Å². The molecule has 22 rings (SSSR count). The maximum absolute atomic E-state index is 14.2. The minimum atomic E-state index is -0.521. The summed E-state index contributed by atoms with van der Waals surface area (Å²) in [4.78, 5) is 28.3. The van der Waals surface area contributed by atoms with E-state index in [-0.39, 0.29) is 112 Å². The van der Waals surface area contributed by atoms with E-state index in [1.54, 1.807) is 48.7 Å². The van der Waals surface area contributed by atoms with Gasteiger partial charge in [0.2, 0.25) is 0 Å². The van der Waals surface area contributed by atoms with Crippen molar-refractivity contribution in [3.05, 3.63) is 342 Å². The number of halogens is 2. The topological polar surface area (TPSA) is 288 Å². The molecule has 0 N–H and O–H groups in total. The Morgan fingerprint density at radius 2 is 0.847 bits per heavy atom. The number of hydrogen-bond donors (Lipinski definition) is 0. The van der Waals surface area contributed by atoms with Gasteiger partial charge in [-0.15, -0.1) is 98.0 Å². The summed E-state index contributed by atoms with van der Waals surface area (Å²) in [7, 11) is 1.73. The molecule has 11 aromatic carbocycles. The van der Waals surface area contributed by atoms with E-state index in [2.05, 4.69) is 260 Å². The molecule has 661 valence electrons. The first-order valence-corrected chi connectivity index (χ1v) is 40.2. The largest absolute Gasteiger partial charge is 0.464 e. The van der Waals surface area contributed by atoms with Crippen LogP contribution in [-0.2, 0) is 108 Å². The Labute approximate surface area is 819 Å². The van der Waals surface area contributed by atoms with Gasteiger partial charge < -0.3 is 50.3 Å². The van der Waals surface area contributed by atoms with E-state index in [4.69, 9.17) is 24.2 Å².